The fraction of sp³-hybridized carbons (Fsp3) is 0.933. The van der Waals surface area contributed by atoms with E-state index in [1.165, 1.54) is 32.1 Å². The number of carbonyl (C=O) groups is 1. The molecule has 108 valence electrons. The van der Waals surface area contributed by atoms with Gasteiger partial charge in [0.15, 0.2) is 0 Å². The number of urea groups is 1. The first-order valence-corrected chi connectivity index (χ1v) is 8.02. The van der Waals surface area contributed by atoms with Crippen molar-refractivity contribution < 1.29 is 4.79 Å². The molecule has 4 nitrogen and oxygen atoms in total. The van der Waals surface area contributed by atoms with Crippen molar-refractivity contribution in [3.05, 3.63) is 0 Å². The number of carbonyl (C=O) groups excluding carboxylic acids is 1. The smallest absolute Gasteiger partial charge is 0.317 e. The molecule has 0 spiro atoms. The van der Waals surface area contributed by atoms with Gasteiger partial charge in [-0.25, -0.2) is 4.79 Å². The Morgan fingerprint density at radius 2 is 1.68 bits per heavy atom. The van der Waals surface area contributed by atoms with Crippen LogP contribution < -0.4 is 10.6 Å². The molecule has 0 aromatic carbocycles. The summed E-state index contributed by atoms with van der Waals surface area (Å²) < 4.78 is 0. The van der Waals surface area contributed by atoms with Crippen LogP contribution >= 0.6 is 0 Å². The average Bonchev–Trinajstić information content (AvgIpc) is 2.77. The van der Waals surface area contributed by atoms with E-state index in [0.717, 1.165) is 25.7 Å². The van der Waals surface area contributed by atoms with E-state index in [2.05, 4.69) is 10.6 Å². The van der Waals surface area contributed by atoms with Gasteiger partial charge in [-0.2, -0.15) is 0 Å². The van der Waals surface area contributed by atoms with Crippen LogP contribution in [0.25, 0.3) is 0 Å². The van der Waals surface area contributed by atoms with E-state index >= 15 is 0 Å². The van der Waals surface area contributed by atoms with Gasteiger partial charge in [-0.15, -0.1) is 0 Å². The van der Waals surface area contributed by atoms with Crippen LogP contribution in [0.15, 0.2) is 0 Å². The highest BCUT2D eigenvalue weighted by atomic mass is 16.2. The molecule has 2 bridgehead atoms. The van der Waals surface area contributed by atoms with Crippen LogP contribution in [0.5, 0.6) is 0 Å². The van der Waals surface area contributed by atoms with Crippen molar-refractivity contribution in [2.75, 3.05) is 7.05 Å². The molecular formula is C15H27N3O. The third-order valence-corrected chi connectivity index (χ3v) is 5.25. The Kier molecular flexibility index (Phi) is 3.96. The predicted molar refractivity (Wildman–Crippen MR) is 76.1 cm³/mol. The zero-order valence-corrected chi connectivity index (χ0v) is 12.0. The summed E-state index contributed by atoms with van der Waals surface area (Å²) in [6.07, 6.45) is 11.0. The molecule has 2 aliphatic heterocycles. The van der Waals surface area contributed by atoms with Gasteiger partial charge in [0.25, 0.3) is 0 Å². The Morgan fingerprint density at radius 3 is 2.32 bits per heavy atom. The van der Waals surface area contributed by atoms with E-state index in [4.69, 9.17) is 0 Å². The number of rotatable bonds is 2. The lowest BCUT2D eigenvalue weighted by Gasteiger charge is -2.36. The third kappa shape index (κ3) is 3.04. The Morgan fingerprint density at radius 1 is 1.05 bits per heavy atom. The first kappa shape index (κ1) is 13.2. The van der Waals surface area contributed by atoms with E-state index in [-0.39, 0.29) is 6.03 Å². The summed E-state index contributed by atoms with van der Waals surface area (Å²) in [6.45, 7) is 0. The van der Waals surface area contributed by atoms with Crippen molar-refractivity contribution in [1.29, 1.82) is 0 Å². The molecule has 2 unspecified atom stereocenters. The Balaban J connectivity index is 1.51. The molecule has 1 saturated carbocycles. The van der Waals surface area contributed by atoms with Crippen molar-refractivity contribution in [3.8, 4) is 0 Å². The number of hydrogen-bond acceptors (Lipinski definition) is 2. The molecule has 0 aromatic rings. The lowest BCUT2D eigenvalue weighted by atomic mass is 9.95. The zero-order valence-electron chi connectivity index (χ0n) is 12.0. The molecule has 0 aromatic heterocycles. The number of hydrogen-bond donors (Lipinski definition) is 2. The van der Waals surface area contributed by atoms with Crippen molar-refractivity contribution >= 4 is 6.03 Å². The summed E-state index contributed by atoms with van der Waals surface area (Å²) in [5.41, 5.74) is 0. The largest absolute Gasteiger partial charge is 0.335 e. The summed E-state index contributed by atoms with van der Waals surface area (Å²) in [5, 5.41) is 6.87. The normalized spacial score (nSPS) is 35.1. The van der Waals surface area contributed by atoms with Crippen LogP contribution in [0, 0.1) is 0 Å². The van der Waals surface area contributed by atoms with E-state index in [1.807, 2.05) is 11.9 Å². The highest BCUT2D eigenvalue weighted by Gasteiger charge is 2.36. The molecule has 2 N–H and O–H groups in total. The van der Waals surface area contributed by atoms with Gasteiger partial charge in [0.1, 0.15) is 0 Å². The number of nitrogens with zero attached hydrogens (tertiary/aromatic N) is 1. The maximum absolute atomic E-state index is 12.3. The Hall–Kier alpha value is -0.770. The van der Waals surface area contributed by atoms with Crippen molar-refractivity contribution in [2.45, 2.75) is 82.0 Å². The SMILES string of the molecule is CN(C(=O)NC1CCCCC1)C1CC2CCC(C1)N2. The maximum atomic E-state index is 12.3. The van der Waals surface area contributed by atoms with Crippen LogP contribution in [-0.2, 0) is 0 Å². The molecule has 0 radical (unpaired) electrons. The van der Waals surface area contributed by atoms with Gasteiger partial charge in [-0.1, -0.05) is 19.3 Å². The summed E-state index contributed by atoms with van der Waals surface area (Å²) in [4.78, 5) is 14.3. The second kappa shape index (κ2) is 5.70. The molecule has 1 aliphatic carbocycles. The number of piperidine rings is 1. The van der Waals surface area contributed by atoms with Crippen molar-refractivity contribution in [3.63, 3.8) is 0 Å². The fourth-order valence-electron chi connectivity index (χ4n) is 4.03. The Bertz CT molecular complexity index is 315. The lowest BCUT2D eigenvalue weighted by Crippen LogP contribution is -2.53. The van der Waals surface area contributed by atoms with Gasteiger partial charge in [0.05, 0.1) is 0 Å². The first-order chi connectivity index (χ1) is 9.22. The van der Waals surface area contributed by atoms with Gasteiger partial charge in [0.2, 0.25) is 0 Å². The Labute approximate surface area is 116 Å². The minimum atomic E-state index is 0.151. The second-order valence-corrected chi connectivity index (χ2v) is 6.66. The molecule has 4 heteroatoms. The standard InChI is InChI=1S/C15H27N3O/c1-18(14-9-12-7-8-13(10-14)16-12)15(19)17-11-5-3-2-4-6-11/h11-14,16H,2-10H2,1H3,(H,17,19). The highest BCUT2D eigenvalue weighted by molar-refractivity contribution is 5.74. The van der Waals surface area contributed by atoms with E-state index in [0.29, 0.717) is 24.2 Å². The molecule has 2 saturated heterocycles. The van der Waals surface area contributed by atoms with Gasteiger partial charge < -0.3 is 15.5 Å². The molecule has 19 heavy (non-hydrogen) atoms. The van der Waals surface area contributed by atoms with Crippen LogP contribution in [0.4, 0.5) is 4.79 Å². The van der Waals surface area contributed by atoms with Crippen molar-refractivity contribution in [1.82, 2.24) is 15.5 Å². The molecule has 3 fully saturated rings. The highest BCUT2D eigenvalue weighted by Crippen LogP contribution is 2.29. The minimum Gasteiger partial charge on any atom is -0.335 e. The van der Waals surface area contributed by atoms with Gasteiger partial charge in [-0.3, -0.25) is 0 Å². The third-order valence-electron chi connectivity index (χ3n) is 5.25. The van der Waals surface area contributed by atoms with Gasteiger partial charge in [0, 0.05) is 31.2 Å². The molecule has 3 aliphatic rings. The number of fused-ring (bicyclic) bond motifs is 2. The molecule has 2 atom stereocenters. The summed E-state index contributed by atoms with van der Waals surface area (Å²) >= 11 is 0. The van der Waals surface area contributed by atoms with Crippen LogP contribution in [0.1, 0.15) is 57.8 Å². The van der Waals surface area contributed by atoms with E-state index in [1.54, 1.807) is 0 Å². The van der Waals surface area contributed by atoms with Crippen LogP contribution in [-0.4, -0.2) is 42.1 Å². The quantitative estimate of drug-likeness (QED) is 0.804. The summed E-state index contributed by atoms with van der Waals surface area (Å²) in [7, 11) is 1.98. The minimum absolute atomic E-state index is 0.151. The van der Waals surface area contributed by atoms with E-state index in [9.17, 15) is 4.79 Å². The maximum Gasteiger partial charge on any atom is 0.317 e. The fourth-order valence-corrected chi connectivity index (χ4v) is 4.03. The van der Waals surface area contributed by atoms with Crippen LogP contribution in [0.3, 0.4) is 0 Å². The zero-order chi connectivity index (χ0) is 13.2. The average molecular weight is 265 g/mol. The first-order valence-electron chi connectivity index (χ1n) is 8.02. The van der Waals surface area contributed by atoms with Gasteiger partial charge in [-0.05, 0) is 38.5 Å². The van der Waals surface area contributed by atoms with Gasteiger partial charge >= 0.3 is 6.03 Å². The van der Waals surface area contributed by atoms with Crippen molar-refractivity contribution in [2.24, 2.45) is 0 Å². The summed E-state index contributed by atoms with van der Waals surface area (Å²) in [5.74, 6) is 0. The molecule has 2 heterocycles. The lowest BCUT2D eigenvalue weighted by molar-refractivity contribution is 0.159. The van der Waals surface area contributed by atoms with E-state index < -0.39 is 0 Å². The molecule has 2 amide bonds. The number of amides is 2. The molecular weight excluding hydrogens is 238 g/mol. The second-order valence-electron chi connectivity index (χ2n) is 6.66. The number of nitrogens with one attached hydrogen (secondary N) is 2. The monoisotopic (exact) mass is 265 g/mol. The predicted octanol–water partition coefficient (Wildman–Crippen LogP) is 2.24. The van der Waals surface area contributed by atoms with Crippen LogP contribution in [0.2, 0.25) is 0 Å². The summed E-state index contributed by atoms with van der Waals surface area (Å²) in [6, 6.07) is 2.30. The molecule has 3 rings (SSSR count). The topological polar surface area (TPSA) is 44.4 Å².